The highest BCUT2D eigenvalue weighted by molar-refractivity contribution is 5.74. The summed E-state index contributed by atoms with van der Waals surface area (Å²) in [6.07, 6.45) is 57.8. The summed E-state index contributed by atoms with van der Waals surface area (Å²) < 4.78 is 28.3. The van der Waals surface area contributed by atoms with Crippen LogP contribution in [0.3, 0.4) is 0 Å². The Morgan fingerprint density at radius 1 is 0.442 bits per heavy atom. The van der Waals surface area contributed by atoms with E-state index in [9.17, 15) is 34.5 Å². The predicted octanol–water partition coefficient (Wildman–Crippen LogP) is 15.4. The Bertz CT molecular complexity index is 1750. The van der Waals surface area contributed by atoms with Crippen LogP contribution in [-0.2, 0) is 42.9 Å². The van der Waals surface area contributed by atoms with E-state index in [1.807, 2.05) is 12.2 Å². The number of hydrogen-bond acceptors (Lipinski definition) is 11. The molecule has 6 unspecified atom stereocenters. The second-order valence-electron chi connectivity index (χ2n) is 19.9. The van der Waals surface area contributed by atoms with E-state index in [0.717, 1.165) is 103 Å². The van der Waals surface area contributed by atoms with Crippen LogP contribution < -0.4 is 0 Å². The lowest BCUT2D eigenvalue weighted by Gasteiger charge is -2.40. The van der Waals surface area contributed by atoms with Crippen molar-refractivity contribution < 1.29 is 58.2 Å². The number of allylic oxidation sites excluding steroid dienone is 18. The van der Waals surface area contributed by atoms with Crippen molar-refractivity contribution >= 4 is 23.9 Å². The maximum Gasteiger partial charge on any atom is 0.335 e. The number of hydrogen-bond donors (Lipinski definition) is 3. The normalized spacial score (nSPS) is 18.8. The SMILES string of the molecule is CC/C=C\C/C=C\C/C=C\C/C=C\C/C=C\CCCC(=O)OC1C(OCC(COC(=O)CCCCCCCCC/C=C\CCCCCCCC)OC(=O)CCCCC/C=C\C/C=C\C/C=C\CC)OC(C(=O)O)C(O)C1O. The van der Waals surface area contributed by atoms with Crippen LogP contribution in [0.15, 0.2) is 109 Å². The van der Waals surface area contributed by atoms with E-state index in [-0.39, 0.29) is 25.9 Å². The van der Waals surface area contributed by atoms with Crippen molar-refractivity contribution in [3.8, 4) is 0 Å². The fourth-order valence-corrected chi connectivity index (χ4v) is 8.29. The van der Waals surface area contributed by atoms with E-state index in [2.05, 4.69) is 118 Å². The molecule has 1 aliphatic rings. The van der Waals surface area contributed by atoms with Crippen LogP contribution in [0.4, 0.5) is 0 Å². The van der Waals surface area contributed by atoms with Gasteiger partial charge in [-0.25, -0.2) is 4.79 Å². The minimum absolute atomic E-state index is 0.0268. The Balaban J connectivity index is 2.74. The van der Waals surface area contributed by atoms with Gasteiger partial charge in [0.2, 0.25) is 0 Å². The smallest absolute Gasteiger partial charge is 0.335 e. The number of carboxylic acid groups (broad SMARTS) is 1. The van der Waals surface area contributed by atoms with Gasteiger partial charge in [0.15, 0.2) is 24.6 Å². The van der Waals surface area contributed by atoms with E-state index >= 15 is 0 Å². The van der Waals surface area contributed by atoms with Crippen LogP contribution in [0.25, 0.3) is 0 Å². The second-order valence-corrected chi connectivity index (χ2v) is 19.9. The number of carboxylic acids is 1. The molecule has 12 nitrogen and oxygen atoms in total. The number of aliphatic hydroxyl groups excluding tert-OH is 2. The van der Waals surface area contributed by atoms with Gasteiger partial charge in [0.1, 0.15) is 18.8 Å². The maximum atomic E-state index is 13.1. The number of aliphatic hydroxyl groups is 2. The minimum Gasteiger partial charge on any atom is -0.479 e. The third-order valence-corrected chi connectivity index (χ3v) is 12.8. The van der Waals surface area contributed by atoms with Gasteiger partial charge in [0.05, 0.1) is 6.61 Å². The molecule has 0 aromatic carbocycles. The van der Waals surface area contributed by atoms with Gasteiger partial charge in [-0.15, -0.1) is 0 Å². The molecule has 0 aromatic heterocycles. The van der Waals surface area contributed by atoms with E-state index in [1.165, 1.54) is 57.8 Å². The Hall–Kier alpha value is -4.62. The molecule has 0 aromatic rings. The summed E-state index contributed by atoms with van der Waals surface area (Å²) in [5, 5.41) is 31.5. The van der Waals surface area contributed by atoms with Crippen LogP contribution in [0.2, 0.25) is 0 Å². The highest BCUT2D eigenvalue weighted by atomic mass is 16.7. The summed E-state index contributed by atoms with van der Waals surface area (Å²) >= 11 is 0. The average molecular weight is 1080 g/mol. The summed E-state index contributed by atoms with van der Waals surface area (Å²) in [6, 6.07) is 0. The number of unbranched alkanes of at least 4 members (excludes halogenated alkanes) is 17. The molecule has 1 rings (SSSR count). The van der Waals surface area contributed by atoms with E-state index < -0.39 is 67.3 Å². The molecule has 0 bridgehead atoms. The molecule has 3 N–H and O–H groups in total. The first-order chi connectivity index (χ1) is 37.6. The molecule has 1 saturated heterocycles. The van der Waals surface area contributed by atoms with Crippen LogP contribution in [0.1, 0.15) is 226 Å². The Kier molecular flexibility index (Phi) is 47.6. The van der Waals surface area contributed by atoms with Gasteiger partial charge in [-0.05, 0) is 116 Å². The van der Waals surface area contributed by atoms with Gasteiger partial charge in [-0.3, -0.25) is 14.4 Å². The fraction of sp³-hybridized carbons (Fsp3) is 0.662. The number of aliphatic carboxylic acids is 1. The average Bonchev–Trinajstić information content (AvgIpc) is 3.42. The van der Waals surface area contributed by atoms with E-state index in [4.69, 9.17) is 23.7 Å². The number of esters is 3. The quantitative estimate of drug-likeness (QED) is 0.0228. The third kappa shape index (κ3) is 42.1. The standard InChI is InChI=1S/C65H104O12/c1-4-7-10-13-16-19-22-25-27-29-31-34-36-39-42-45-48-51-57(66)73-54-56(75-58(67)52-49-46-43-40-37-33-24-21-18-15-12-9-6-3)55-74-65-63(61(70)60(69)62(77-65)64(71)72)76-59(68)53-50-47-44-41-38-35-32-30-28-26-23-20-17-14-11-8-5-2/h8-9,11-12,17-18,20-21,25-28,32-33,35,37,41,44,56,60-63,65,69-70H,4-7,10,13-16,19,22-24,29-31,34,36,38-40,42-43,45-55H2,1-3H3,(H,71,72)/b11-8-,12-9-,20-17-,21-18-,27-25-,28-26-,35-32-,37-33-,44-41-. The van der Waals surface area contributed by atoms with Gasteiger partial charge < -0.3 is 39.0 Å². The molecule has 0 spiro atoms. The minimum atomic E-state index is -1.93. The lowest BCUT2D eigenvalue weighted by Crippen LogP contribution is -2.61. The number of rotatable bonds is 49. The van der Waals surface area contributed by atoms with Crippen molar-refractivity contribution in [1.29, 1.82) is 0 Å². The van der Waals surface area contributed by atoms with E-state index in [1.54, 1.807) is 0 Å². The Morgan fingerprint density at radius 3 is 1.31 bits per heavy atom. The Labute approximate surface area is 465 Å². The number of ether oxygens (including phenoxy) is 5. The molecule has 1 heterocycles. The highest BCUT2D eigenvalue weighted by Crippen LogP contribution is 2.26. The van der Waals surface area contributed by atoms with Crippen molar-refractivity contribution in [2.45, 2.75) is 263 Å². The number of carbonyl (C=O) groups is 4. The van der Waals surface area contributed by atoms with Gasteiger partial charge in [-0.2, -0.15) is 0 Å². The first-order valence-electron chi connectivity index (χ1n) is 29.9. The van der Waals surface area contributed by atoms with Crippen molar-refractivity contribution in [2.75, 3.05) is 13.2 Å². The lowest BCUT2D eigenvalue weighted by atomic mass is 9.98. The molecule has 436 valence electrons. The summed E-state index contributed by atoms with van der Waals surface area (Å²) in [6.45, 7) is 5.70. The maximum absolute atomic E-state index is 13.1. The summed E-state index contributed by atoms with van der Waals surface area (Å²) in [4.78, 5) is 51.1. The van der Waals surface area contributed by atoms with Crippen molar-refractivity contribution in [3.63, 3.8) is 0 Å². The second kappa shape index (κ2) is 52.1. The molecular formula is C65H104O12. The van der Waals surface area contributed by atoms with Crippen LogP contribution in [0, 0.1) is 0 Å². The zero-order valence-electron chi connectivity index (χ0n) is 47.9. The fourth-order valence-electron chi connectivity index (χ4n) is 8.29. The monoisotopic (exact) mass is 1080 g/mol. The summed E-state index contributed by atoms with van der Waals surface area (Å²) in [5.41, 5.74) is 0. The number of carbonyl (C=O) groups excluding carboxylic acids is 3. The zero-order valence-corrected chi connectivity index (χ0v) is 47.9. The molecule has 1 fully saturated rings. The summed E-state index contributed by atoms with van der Waals surface area (Å²) in [5.74, 6) is -3.25. The first-order valence-corrected chi connectivity index (χ1v) is 29.9. The molecule has 0 aliphatic carbocycles. The van der Waals surface area contributed by atoms with Crippen molar-refractivity contribution in [3.05, 3.63) is 109 Å². The molecule has 6 atom stereocenters. The first kappa shape index (κ1) is 70.4. The van der Waals surface area contributed by atoms with Gasteiger partial charge >= 0.3 is 23.9 Å². The molecular weight excluding hydrogens is 973 g/mol. The molecule has 1 aliphatic heterocycles. The lowest BCUT2D eigenvalue weighted by molar-refractivity contribution is -0.301. The summed E-state index contributed by atoms with van der Waals surface area (Å²) in [7, 11) is 0. The molecule has 12 heteroatoms. The molecule has 0 saturated carbocycles. The highest BCUT2D eigenvalue weighted by Gasteiger charge is 2.50. The topological polar surface area (TPSA) is 175 Å². The molecule has 0 radical (unpaired) electrons. The van der Waals surface area contributed by atoms with Crippen LogP contribution in [0.5, 0.6) is 0 Å². The van der Waals surface area contributed by atoms with Gasteiger partial charge in [0.25, 0.3) is 0 Å². The largest absolute Gasteiger partial charge is 0.479 e. The van der Waals surface area contributed by atoms with Crippen LogP contribution in [-0.4, -0.2) is 89.2 Å². The third-order valence-electron chi connectivity index (χ3n) is 12.8. The van der Waals surface area contributed by atoms with Crippen molar-refractivity contribution in [2.24, 2.45) is 0 Å². The van der Waals surface area contributed by atoms with Crippen LogP contribution >= 0.6 is 0 Å². The van der Waals surface area contributed by atoms with Gasteiger partial charge in [0, 0.05) is 19.3 Å². The predicted molar refractivity (Wildman–Crippen MR) is 312 cm³/mol. The Morgan fingerprint density at radius 2 is 0.831 bits per heavy atom. The van der Waals surface area contributed by atoms with E-state index in [0.29, 0.717) is 25.7 Å². The molecule has 77 heavy (non-hydrogen) atoms. The molecule has 0 amide bonds. The van der Waals surface area contributed by atoms with Gasteiger partial charge in [-0.1, -0.05) is 201 Å². The van der Waals surface area contributed by atoms with Crippen molar-refractivity contribution in [1.82, 2.24) is 0 Å². The zero-order chi connectivity index (χ0) is 56.1.